The Labute approximate surface area is 154 Å². The molecule has 3 aromatic rings. The van der Waals surface area contributed by atoms with Crippen molar-refractivity contribution in [2.45, 2.75) is 12.3 Å². The molecule has 2 aromatic heterocycles. The van der Waals surface area contributed by atoms with Gasteiger partial charge in [-0.05, 0) is 30.3 Å². The summed E-state index contributed by atoms with van der Waals surface area (Å²) in [5.41, 5.74) is 1.49. The van der Waals surface area contributed by atoms with Crippen LogP contribution in [0.2, 0.25) is 5.02 Å². The van der Waals surface area contributed by atoms with Crippen molar-refractivity contribution >= 4 is 23.2 Å². The smallest absolute Gasteiger partial charge is 0.232 e. The Balaban J connectivity index is 1.55. The van der Waals surface area contributed by atoms with Gasteiger partial charge in [0.15, 0.2) is 0 Å². The van der Waals surface area contributed by atoms with Crippen molar-refractivity contribution in [1.82, 2.24) is 15.1 Å². The molecule has 0 unspecified atom stereocenters. The van der Waals surface area contributed by atoms with Gasteiger partial charge in [-0.25, -0.2) is 0 Å². The summed E-state index contributed by atoms with van der Waals surface area (Å²) in [5, 5.41) is 4.45. The fourth-order valence-corrected chi connectivity index (χ4v) is 3.21. The van der Waals surface area contributed by atoms with Crippen LogP contribution in [0.4, 0.5) is 5.69 Å². The first-order valence-electron chi connectivity index (χ1n) is 8.03. The average Bonchev–Trinajstić information content (AvgIpc) is 3.29. The highest BCUT2D eigenvalue weighted by Crippen LogP contribution is 2.35. The van der Waals surface area contributed by atoms with E-state index in [1.165, 1.54) is 0 Å². The summed E-state index contributed by atoms with van der Waals surface area (Å²) in [7, 11) is 1.55. The third kappa shape index (κ3) is 3.01. The first-order chi connectivity index (χ1) is 12.7. The molecule has 26 heavy (non-hydrogen) atoms. The second-order valence-electron chi connectivity index (χ2n) is 5.92. The van der Waals surface area contributed by atoms with Crippen molar-refractivity contribution in [3.63, 3.8) is 0 Å². The summed E-state index contributed by atoms with van der Waals surface area (Å²) in [6.45, 7) is 0.455. The number of methoxy groups -OCH3 is 1. The predicted molar refractivity (Wildman–Crippen MR) is 95.2 cm³/mol. The fraction of sp³-hybridized carbons (Fsp3) is 0.222. The van der Waals surface area contributed by atoms with Gasteiger partial charge in [0.25, 0.3) is 0 Å². The Morgan fingerprint density at radius 2 is 2.23 bits per heavy atom. The SMILES string of the molecule is COc1ccc(N2C[C@H](c3nc(-c4cccnc4)no3)CC2=O)cc1Cl. The van der Waals surface area contributed by atoms with Gasteiger partial charge in [0, 0.05) is 36.6 Å². The highest BCUT2D eigenvalue weighted by atomic mass is 35.5. The second-order valence-corrected chi connectivity index (χ2v) is 6.33. The van der Waals surface area contributed by atoms with Gasteiger partial charge in [-0.2, -0.15) is 4.98 Å². The molecule has 1 atom stereocenters. The largest absolute Gasteiger partial charge is 0.495 e. The fourth-order valence-electron chi connectivity index (χ4n) is 2.96. The number of carbonyl (C=O) groups is 1. The number of ether oxygens (including phenoxy) is 1. The van der Waals surface area contributed by atoms with Crippen LogP contribution < -0.4 is 9.64 Å². The molecule has 0 aliphatic carbocycles. The lowest BCUT2D eigenvalue weighted by atomic mass is 10.1. The normalized spacial score (nSPS) is 16.9. The zero-order valence-electron chi connectivity index (χ0n) is 13.9. The summed E-state index contributed by atoms with van der Waals surface area (Å²) in [4.78, 5) is 22.6. The highest BCUT2D eigenvalue weighted by Gasteiger charge is 2.35. The quantitative estimate of drug-likeness (QED) is 0.700. The van der Waals surface area contributed by atoms with Gasteiger partial charge in [-0.1, -0.05) is 16.8 Å². The lowest BCUT2D eigenvalue weighted by Crippen LogP contribution is -2.24. The summed E-state index contributed by atoms with van der Waals surface area (Å²) in [6.07, 6.45) is 3.65. The van der Waals surface area contributed by atoms with Crippen LogP contribution in [0.5, 0.6) is 5.75 Å². The number of carbonyl (C=O) groups excluding carboxylic acids is 1. The number of hydrogen-bond acceptors (Lipinski definition) is 6. The maximum absolute atomic E-state index is 12.5. The van der Waals surface area contributed by atoms with Crippen LogP contribution in [0.3, 0.4) is 0 Å². The van der Waals surface area contributed by atoms with E-state index >= 15 is 0 Å². The van der Waals surface area contributed by atoms with E-state index in [0.29, 0.717) is 35.5 Å². The lowest BCUT2D eigenvalue weighted by Gasteiger charge is -2.17. The molecule has 132 valence electrons. The molecule has 0 radical (unpaired) electrons. The Morgan fingerprint density at radius 1 is 1.35 bits per heavy atom. The number of halogens is 1. The summed E-state index contributed by atoms with van der Waals surface area (Å²) in [5.74, 6) is 1.29. The molecule has 1 aromatic carbocycles. The van der Waals surface area contributed by atoms with Gasteiger partial charge in [0.2, 0.25) is 17.6 Å². The van der Waals surface area contributed by atoms with Crippen molar-refractivity contribution in [3.8, 4) is 17.1 Å². The Kier molecular flexibility index (Phi) is 4.30. The van der Waals surface area contributed by atoms with Crippen LogP contribution in [0.25, 0.3) is 11.4 Å². The van der Waals surface area contributed by atoms with E-state index in [4.69, 9.17) is 20.9 Å². The van der Waals surface area contributed by atoms with Gasteiger partial charge in [0.05, 0.1) is 18.1 Å². The van der Waals surface area contributed by atoms with Gasteiger partial charge in [-0.3, -0.25) is 9.78 Å². The lowest BCUT2D eigenvalue weighted by molar-refractivity contribution is -0.117. The van der Waals surface area contributed by atoms with Crippen LogP contribution >= 0.6 is 11.6 Å². The number of rotatable bonds is 4. The number of hydrogen-bond donors (Lipinski definition) is 0. The zero-order chi connectivity index (χ0) is 18.1. The van der Waals surface area contributed by atoms with E-state index in [1.807, 2.05) is 6.07 Å². The van der Waals surface area contributed by atoms with Crippen LogP contribution in [-0.4, -0.2) is 34.7 Å². The van der Waals surface area contributed by atoms with Crippen molar-refractivity contribution in [3.05, 3.63) is 53.6 Å². The minimum absolute atomic E-state index is 0.0163. The third-order valence-corrected chi connectivity index (χ3v) is 4.58. The summed E-state index contributed by atoms with van der Waals surface area (Å²) in [6, 6.07) is 8.92. The molecule has 0 bridgehead atoms. The minimum Gasteiger partial charge on any atom is -0.495 e. The van der Waals surface area contributed by atoms with Crippen molar-refractivity contribution in [2.24, 2.45) is 0 Å². The Hall–Kier alpha value is -2.93. The molecule has 0 N–H and O–H groups in total. The summed E-state index contributed by atoms with van der Waals surface area (Å²) >= 11 is 6.17. The van der Waals surface area contributed by atoms with Crippen LogP contribution in [0, 0.1) is 0 Å². The predicted octanol–water partition coefficient (Wildman–Crippen LogP) is 3.31. The van der Waals surface area contributed by atoms with Crippen molar-refractivity contribution in [2.75, 3.05) is 18.6 Å². The van der Waals surface area contributed by atoms with Crippen molar-refractivity contribution in [1.29, 1.82) is 0 Å². The topological polar surface area (TPSA) is 81.3 Å². The number of nitrogens with zero attached hydrogens (tertiary/aromatic N) is 4. The van der Waals surface area contributed by atoms with E-state index in [-0.39, 0.29) is 11.8 Å². The van der Waals surface area contributed by atoms with E-state index < -0.39 is 0 Å². The van der Waals surface area contributed by atoms with E-state index in [1.54, 1.807) is 48.7 Å². The second kappa shape index (κ2) is 6.76. The monoisotopic (exact) mass is 370 g/mol. The van der Waals surface area contributed by atoms with Crippen LogP contribution in [-0.2, 0) is 4.79 Å². The van der Waals surface area contributed by atoms with Crippen LogP contribution in [0.15, 0.2) is 47.2 Å². The van der Waals surface area contributed by atoms with E-state index in [9.17, 15) is 4.79 Å². The van der Waals surface area contributed by atoms with Gasteiger partial charge in [0.1, 0.15) is 5.75 Å². The molecular weight excluding hydrogens is 356 g/mol. The molecule has 1 amide bonds. The molecule has 0 spiro atoms. The number of anilines is 1. The molecule has 1 aliphatic heterocycles. The zero-order valence-corrected chi connectivity index (χ0v) is 14.7. The average molecular weight is 371 g/mol. The molecule has 1 saturated heterocycles. The molecule has 1 fully saturated rings. The summed E-state index contributed by atoms with van der Waals surface area (Å²) < 4.78 is 10.5. The van der Waals surface area contributed by atoms with Crippen molar-refractivity contribution < 1.29 is 14.1 Å². The first kappa shape index (κ1) is 16.5. The molecule has 4 rings (SSSR count). The minimum atomic E-state index is -0.165. The Morgan fingerprint density at radius 3 is 2.96 bits per heavy atom. The standard InChI is InChI=1S/C18H15ClN4O3/c1-25-15-5-4-13(8-14(15)19)23-10-12(7-16(23)24)18-21-17(22-26-18)11-3-2-6-20-9-11/h2-6,8-9,12H,7,10H2,1H3/t12-/m1/s1. The highest BCUT2D eigenvalue weighted by molar-refractivity contribution is 6.32. The van der Waals surface area contributed by atoms with E-state index in [0.717, 1.165) is 11.3 Å². The van der Waals surface area contributed by atoms with Crippen LogP contribution in [0.1, 0.15) is 18.2 Å². The molecular formula is C18H15ClN4O3. The molecule has 8 heteroatoms. The van der Waals surface area contributed by atoms with Gasteiger partial charge < -0.3 is 14.2 Å². The first-order valence-corrected chi connectivity index (χ1v) is 8.41. The third-order valence-electron chi connectivity index (χ3n) is 4.28. The number of aromatic nitrogens is 3. The maximum Gasteiger partial charge on any atom is 0.232 e. The molecule has 0 saturated carbocycles. The number of pyridine rings is 1. The van der Waals surface area contributed by atoms with E-state index in [2.05, 4.69) is 15.1 Å². The number of benzene rings is 1. The number of amides is 1. The molecule has 7 nitrogen and oxygen atoms in total. The maximum atomic E-state index is 12.5. The van der Waals surface area contributed by atoms with Gasteiger partial charge in [-0.15, -0.1) is 0 Å². The molecule has 3 heterocycles. The van der Waals surface area contributed by atoms with Gasteiger partial charge >= 0.3 is 0 Å². The Bertz CT molecular complexity index is 945. The molecule has 1 aliphatic rings.